The van der Waals surface area contributed by atoms with Crippen molar-refractivity contribution in [2.24, 2.45) is 34.0 Å². The first-order chi connectivity index (χ1) is 16.4. The molecular weight excluding hydrogens is 456 g/mol. The molecule has 0 radical (unpaired) electrons. The molecule has 6 N–H and O–H groups in total. The van der Waals surface area contributed by atoms with Crippen molar-refractivity contribution in [3.63, 3.8) is 0 Å². The van der Waals surface area contributed by atoms with Gasteiger partial charge in [-0.1, -0.05) is 13.3 Å². The highest BCUT2D eigenvalue weighted by Gasteiger charge is 2.68. The molecule has 2 bridgehead atoms. The number of esters is 1. The molecule has 4 aliphatic carbocycles. The van der Waals surface area contributed by atoms with Crippen molar-refractivity contribution in [3.05, 3.63) is 0 Å². The Hall–Kier alpha value is -0.810. The topological polar surface area (TPSA) is 157 Å². The van der Waals surface area contributed by atoms with Crippen LogP contribution in [0.2, 0.25) is 0 Å². The van der Waals surface area contributed by atoms with Gasteiger partial charge in [0.05, 0.1) is 24.2 Å². The fraction of sp³-hybridized carbons (Fsp3) is 0.962. The van der Waals surface area contributed by atoms with E-state index in [4.69, 9.17) is 9.47 Å². The Morgan fingerprint density at radius 1 is 0.971 bits per heavy atom. The van der Waals surface area contributed by atoms with E-state index in [9.17, 15) is 35.4 Å². The minimum Gasteiger partial charge on any atom is -0.432 e. The van der Waals surface area contributed by atoms with E-state index in [1.54, 1.807) is 0 Å². The molecule has 0 aromatic carbocycles. The number of carbonyl (C=O) groups is 1. The summed E-state index contributed by atoms with van der Waals surface area (Å²) in [5, 5.41) is 61.1. The number of hydrogen-bond acceptors (Lipinski definition) is 9. The molecule has 0 aromatic rings. The van der Waals surface area contributed by atoms with Crippen LogP contribution in [0, 0.1) is 34.0 Å². The predicted molar refractivity (Wildman–Crippen MR) is 123 cm³/mol. The van der Waals surface area contributed by atoms with Crippen LogP contribution in [-0.2, 0) is 14.3 Å². The van der Waals surface area contributed by atoms with E-state index in [-0.39, 0.29) is 29.3 Å². The summed E-state index contributed by atoms with van der Waals surface area (Å²) in [4.78, 5) is 13.7. The number of carbonyl (C=O) groups excluding carboxylic acids is 1. The first-order valence-electron chi connectivity index (χ1n) is 13.3. The summed E-state index contributed by atoms with van der Waals surface area (Å²) < 4.78 is 11.1. The Labute approximate surface area is 206 Å². The fourth-order valence-corrected chi connectivity index (χ4v) is 9.46. The van der Waals surface area contributed by atoms with Gasteiger partial charge in [0.1, 0.15) is 24.4 Å². The molecule has 0 amide bonds. The van der Waals surface area contributed by atoms with Gasteiger partial charge in [-0.3, -0.25) is 4.79 Å². The van der Waals surface area contributed by atoms with Crippen molar-refractivity contribution in [2.75, 3.05) is 13.2 Å². The molecule has 9 heteroatoms. The van der Waals surface area contributed by atoms with E-state index in [0.717, 1.165) is 44.9 Å². The van der Waals surface area contributed by atoms with E-state index in [1.807, 2.05) is 6.92 Å². The van der Waals surface area contributed by atoms with Crippen molar-refractivity contribution in [3.8, 4) is 0 Å². The molecule has 0 aromatic heterocycles. The van der Waals surface area contributed by atoms with Gasteiger partial charge in [0.25, 0.3) is 0 Å². The van der Waals surface area contributed by atoms with E-state index >= 15 is 0 Å². The zero-order valence-corrected chi connectivity index (χ0v) is 20.8. The van der Waals surface area contributed by atoms with Crippen molar-refractivity contribution in [1.82, 2.24) is 0 Å². The zero-order valence-electron chi connectivity index (χ0n) is 20.8. The summed E-state index contributed by atoms with van der Waals surface area (Å²) in [6.07, 6.45) is 0.327. The van der Waals surface area contributed by atoms with Crippen molar-refractivity contribution < 1.29 is 44.9 Å². The summed E-state index contributed by atoms with van der Waals surface area (Å²) in [6, 6.07) is 0. The van der Waals surface area contributed by atoms with Gasteiger partial charge in [-0.2, -0.15) is 0 Å². The van der Waals surface area contributed by atoms with Gasteiger partial charge < -0.3 is 40.1 Å². The lowest BCUT2D eigenvalue weighted by Gasteiger charge is -2.63. The molecule has 1 aliphatic heterocycles. The van der Waals surface area contributed by atoms with Gasteiger partial charge in [0.2, 0.25) is 6.29 Å². The summed E-state index contributed by atoms with van der Waals surface area (Å²) in [7, 11) is 0. The van der Waals surface area contributed by atoms with Crippen LogP contribution in [0.3, 0.4) is 0 Å². The molecule has 1 spiro atoms. The quantitative estimate of drug-likeness (QED) is 0.303. The second-order valence-electron chi connectivity index (χ2n) is 12.8. The van der Waals surface area contributed by atoms with Crippen molar-refractivity contribution in [2.45, 2.75) is 108 Å². The maximum atomic E-state index is 13.7. The molecule has 0 unspecified atom stereocenters. The average Bonchev–Trinajstić information content (AvgIpc) is 3.04. The molecule has 9 nitrogen and oxygen atoms in total. The molecule has 5 rings (SSSR count). The maximum Gasteiger partial charge on any atom is 0.314 e. The number of hydrogen-bond donors (Lipinski definition) is 6. The third-order valence-electron chi connectivity index (χ3n) is 11.1. The Kier molecular flexibility index (Phi) is 6.35. The van der Waals surface area contributed by atoms with Gasteiger partial charge in [0.15, 0.2) is 0 Å². The van der Waals surface area contributed by atoms with Crippen molar-refractivity contribution >= 4 is 5.97 Å². The number of aliphatic hydroxyl groups excluding tert-OH is 5. The number of rotatable bonds is 4. The van der Waals surface area contributed by atoms with Gasteiger partial charge in [0, 0.05) is 0 Å². The normalized spacial score (nSPS) is 55.7. The highest BCUT2D eigenvalue weighted by Crippen LogP contribution is 2.73. The molecule has 1 heterocycles. The second kappa shape index (κ2) is 8.61. The summed E-state index contributed by atoms with van der Waals surface area (Å²) >= 11 is 0. The van der Waals surface area contributed by atoms with E-state index in [0.29, 0.717) is 18.8 Å². The SMILES string of the molecule is C[C@@]12CCC[C@@](C)(C(=O)O[C@@H]3O[C@H](CO)[C@@H](O)[C@H](O)[C@H]3O)[C@H]1CC[C@@]13C[C@@H](CC[C@@H]12)[C@@](O)(CO)C3. The summed E-state index contributed by atoms with van der Waals surface area (Å²) in [6.45, 7) is 3.44. The van der Waals surface area contributed by atoms with E-state index < -0.39 is 54.3 Å². The van der Waals surface area contributed by atoms with Gasteiger partial charge in [-0.25, -0.2) is 0 Å². The highest BCUT2D eigenvalue weighted by molar-refractivity contribution is 5.77. The Balaban J connectivity index is 1.38. The standard InChI is InChI=1S/C26H42O9/c1-23-7-3-8-24(2,22(32)35-21-20(31)19(30)18(29)15(11-27)34-21)16(23)6-9-25-10-14(4-5-17(23)25)26(33,12-25)13-28/h14-21,27-31,33H,3-13H2,1-2H3/t14-,15-,16+,17-,18-,19+,20-,21+,23-,24-,25+,26+/m1/s1. The zero-order chi connectivity index (χ0) is 25.4. The molecule has 35 heavy (non-hydrogen) atoms. The number of ether oxygens (including phenoxy) is 2. The Bertz CT molecular complexity index is 836. The van der Waals surface area contributed by atoms with Crippen LogP contribution < -0.4 is 0 Å². The molecule has 1 saturated heterocycles. The second-order valence-corrected chi connectivity index (χ2v) is 12.8. The fourth-order valence-electron chi connectivity index (χ4n) is 9.46. The lowest BCUT2D eigenvalue weighted by atomic mass is 9.41. The molecule has 5 fully saturated rings. The smallest absolute Gasteiger partial charge is 0.314 e. The van der Waals surface area contributed by atoms with Gasteiger partial charge in [-0.05, 0) is 86.9 Å². The summed E-state index contributed by atoms with van der Waals surface area (Å²) in [5.41, 5.74) is -1.94. The minimum absolute atomic E-state index is 0.00886. The largest absolute Gasteiger partial charge is 0.432 e. The minimum atomic E-state index is -1.62. The highest BCUT2D eigenvalue weighted by atomic mass is 16.7. The molecule has 200 valence electrons. The average molecular weight is 499 g/mol. The van der Waals surface area contributed by atoms with E-state index in [2.05, 4.69) is 6.92 Å². The molecule has 12 atom stereocenters. The number of aliphatic hydroxyl groups is 6. The third-order valence-corrected chi connectivity index (χ3v) is 11.1. The lowest BCUT2D eigenvalue weighted by Crippen LogP contribution is -2.61. The lowest BCUT2D eigenvalue weighted by molar-refractivity contribution is -0.298. The predicted octanol–water partition coefficient (Wildman–Crippen LogP) is 0.466. The maximum absolute atomic E-state index is 13.7. The van der Waals surface area contributed by atoms with E-state index in [1.165, 1.54) is 0 Å². The first kappa shape index (κ1) is 25.8. The molecule has 4 saturated carbocycles. The molecule has 5 aliphatic rings. The Morgan fingerprint density at radius 3 is 2.40 bits per heavy atom. The monoisotopic (exact) mass is 498 g/mol. The van der Waals surface area contributed by atoms with Crippen LogP contribution in [0.15, 0.2) is 0 Å². The molecular formula is C26H42O9. The van der Waals surface area contributed by atoms with Crippen LogP contribution >= 0.6 is 0 Å². The van der Waals surface area contributed by atoms with Crippen molar-refractivity contribution in [1.29, 1.82) is 0 Å². The number of fused-ring (bicyclic) bond motifs is 3. The Morgan fingerprint density at radius 2 is 1.71 bits per heavy atom. The van der Waals surface area contributed by atoms with Crippen LogP contribution in [0.4, 0.5) is 0 Å². The third kappa shape index (κ3) is 3.64. The van der Waals surface area contributed by atoms with Gasteiger partial charge in [-0.15, -0.1) is 0 Å². The van der Waals surface area contributed by atoms with Crippen LogP contribution in [-0.4, -0.2) is 86.1 Å². The summed E-state index contributed by atoms with van der Waals surface area (Å²) in [5.74, 6) is 0.0529. The van der Waals surface area contributed by atoms with Crippen LogP contribution in [0.5, 0.6) is 0 Å². The first-order valence-corrected chi connectivity index (χ1v) is 13.3. The van der Waals surface area contributed by atoms with Crippen LogP contribution in [0.25, 0.3) is 0 Å². The van der Waals surface area contributed by atoms with Crippen LogP contribution in [0.1, 0.15) is 71.6 Å². The van der Waals surface area contributed by atoms with Gasteiger partial charge >= 0.3 is 5.97 Å².